The van der Waals surface area contributed by atoms with Crippen LogP contribution in [0.3, 0.4) is 0 Å². The second-order valence-corrected chi connectivity index (χ2v) is 12.6. The first-order valence-electron chi connectivity index (χ1n) is 11.8. The first-order valence-corrected chi connectivity index (χ1v) is 14.8. The Kier molecular flexibility index (Phi) is 6.86. The molecule has 3 unspecified atom stereocenters. The second-order valence-electron chi connectivity index (χ2n) is 9.27. The van der Waals surface area contributed by atoms with Gasteiger partial charge in [-0.1, -0.05) is 12.2 Å². The smallest absolute Gasteiger partial charge is 0.340 e. The number of halogens is 1. The van der Waals surface area contributed by atoms with Crippen LogP contribution in [0.5, 0.6) is 5.75 Å². The zero-order valence-electron chi connectivity index (χ0n) is 20.6. The van der Waals surface area contributed by atoms with Crippen LogP contribution < -0.4 is 0 Å². The molecule has 1 fully saturated rings. The molecule has 10 heteroatoms. The lowest BCUT2D eigenvalue weighted by Crippen LogP contribution is -2.16. The average Bonchev–Trinajstić information content (AvgIpc) is 3.36. The minimum absolute atomic E-state index is 0.0810. The Balaban J connectivity index is 1.67. The molecule has 36 heavy (non-hydrogen) atoms. The molecule has 3 atom stereocenters. The van der Waals surface area contributed by atoms with Gasteiger partial charge in [0.1, 0.15) is 5.75 Å². The van der Waals surface area contributed by atoms with Crippen LogP contribution >= 0.6 is 27.3 Å². The summed E-state index contributed by atoms with van der Waals surface area (Å²) in [6.07, 6.45) is 7.74. The van der Waals surface area contributed by atoms with Gasteiger partial charge in [0.15, 0.2) is 4.34 Å². The van der Waals surface area contributed by atoms with E-state index in [1.165, 1.54) is 17.8 Å². The number of ether oxygens (including phenoxy) is 1. The predicted molar refractivity (Wildman–Crippen MR) is 145 cm³/mol. The molecule has 0 bridgehead atoms. The Morgan fingerprint density at radius 1 is 1.36 bits per heavy atom. The summed E-state index contributed by atoms with van der Waals surface area (Å²) in [5, 5.41) is 13.7. The maximum absolute atomic E-state index is 13.3. The van der Waals surface area contributed by atoms with Crippen LogP contribution in [0, 0.1) is 18.8 Å². The van der Waals surface area contributed by atoms with Gasteiger partial charge in [-0.15, -0.1) is 11.3 Å². The maximum atomic E-state index is 13.3. The summed E-state index contributed by atoms with van der Waals surface area (Å²) in [7, 11) is 0.412. The minimum Gasteiger partial charge on any atom is -0.506 e. The zero-order valence-corrected chi connectivity index (χ0v) is 23.8. The predicted octanol–water partition coefficient (Wildman–Crippen LogP) is 5.77. The Morgan fingerprint density at radius 3 is 2.83 bits per heavy atom. The van der Waals surface area contributed by atoms with E-state index in [2.05, 4.69) is 51.1 Å². The fraction of sp³-hybridized carbons (Fsp3) is 0.385. The number of aromatic nitrogens is 2. The third kappa shape index (κ3) is 4.54. The second kappa shape index (κ2) is 9.79. The highest BCUT2D eigenvalue weighted by atomic mass is 79.9. The lowest BCUT2D eigenvalue weighted by atomic mass is 10.0. The number of rotatable bonds is 7. The number of nitrogens with zero attached hydrogens (tertiary/aromatic N) is 3. The molecule has 5 rings (SSSR count). The molecule has 1 aromatic carbocycles. The molecule has 1 aliphatic heterocycles. The summed E-state index contributed by atoms with van der Waals surface area (Å²) in [5.74, 6) is 0.843. The molecular weight excluding hydrogens is 562 g/mol. The molecule has 7 nitrogen and oxygen atoms in total. The normalized spacial score (nSPS) is 19.7. The van der Waals surface area contributed by atoms with E-state index in [1.807, 2.05) is 23.9 Å². The highest BCUT2D eigenvalue weighted by Crippen LogP contribution is 2.45. The standard InChI is InChI=1S/C26H28BrN3O4S2/c1-5-34-25(32)23-21(13-36(33)26-28-14(2)12-35-26)29(4)20-10-19(27)24(31)18(22(20)23)11-30-7-6-16-9-17(16)8-15(30)3/h6-8,10,12,16-17,31H,5,9,11,13H2,1-4H3. The quantitative estimate of drug-likeness (QED) is 0.352. The molecule has 1 aliphatic carbocycles. The van der Waals surface area contributed by atoms with Crippen LogP contribution in [-0.4, -0.2) is 36.3 Å². The third-order valence-electron chi connectivity index (χ3n) is 6.82. The van der Waals surface area contributed by atoms with Crippen LogP contribution in [0.4, 0.5) is 0 Å². The molecule has 2 aliphatic rings. The van der Waals surface area contributed by atoms with Crippen molar-refractivity contribution in [2.75, 3.05) is 6.61 Å². The number of phenols is 1. The van der Waals surface area contributed by atoms with Crippen molar-refractivity contribution in [2.24, 2.45) is 18.9 Å². The van der Waals surface area contributed by atoms with Gasteiger partial charge in [-0.2, -0.15) is 0 Å². The maximum Gasteiger partial charge on any atom is 0.340 e. The van der Waals surface area contributed by atoms with Crippen LogP contribution in [0.25, 0.3) is 10.9 Å². The van der Waals surface area contributed by atoms with E-state index in [9.17, 15) is 14.1 Å². The van der Waals surface area contributed by atoms with Gasteiger partial charge < -0.3 is 19.3 Å². The highest BCUT2D eigenvalue weighted by Gasteiger charge is 2.35. The van der Waals surface area contributed by atoms with Crippen molar-refractivity contribution >= 4 is 54.9 Å². The molecule has 0 saturated heterocycles. The van der Waals surface area contributed by atoms with Gasteiger partial charge in [-0.25, -0.2) is 9.78 Å². The van der Waals surface area contributed by atoms with Gasteiger partial charge >= 0.3 is 5.97 Å². The lowest BCUT2D eigenvalue weighted by molar-refractivity contribution is 0.0527. The molecule has 3 aromatic rings. The summed E-state index contributed by atoms with van der Waals surface area (Å²) in [4.78, 5) is 19.8. The molecule has 190 valence electrons. The van der Waals surface area contributed by atoms with Crippen LogP contribution in [0.1, 0.15) is 47.6 Å². The summed E-state index contributed by atoms with van der Waals surface area (Å²) < 4.78 is 21.6. The molecule has 2 aromatic heterocycles. The number of aromatic hydroxyl groups is 1. The highest BCUT2D eigenvalue weighted by molar-refractivity contribution is 9.10. The number of carbonyl (C=O) groups is 1. The van der Waals surface area contributed by atoms with E-state index in [-0.39, 0.29) is 18.1 Å². The van der Waals surface area contributed by atoms with Gasteiger partial charge in [0.25, 0.3) is 0 Å². The Labute approximate surface area is 225 Å². The topological polar surface area (TPSA) is 84.7 Å². The number of hydrogen-bond donors (Lipinski definition) is 1. The van der Waals surface area contributed by atoms with E-state index in [4.69, 9.17) is 4.74 Å². The number of fused-ring (bicyclic) bond motifs is 2. The van der Waals surface area contributed by atoms with Crippen molar-refractivity contribution in [1.29, 1.82) is 0 Å². The molecule has 0 amide bonds. The van der Waals surface area contributed by atoms with E-state index in [0.29, 0.717) is 49.4 Å². The van der Waals surface area contributed by atoms with Gasteiger partial charge in [0, 0.05) is 46.7 Å². The molecule has 1 N–H and O–H groups in total. The SMILES string of the molecule is CCOC(=O)c1c(CS(=O)c2nc(C)cs2)n(C)c2cc(Br)c(O)c(CN3C=CC4CC4C=C3C)c12. The van der Waals surface area contributed by atoms with Crippen molar-refractivity contribution in [3.63, 3.8) is 0 Å². The minimum atomic E-state index is -1.44. The van der Waals surface area contributed by atoms with Gasteiger partial charge in [-0.05, 0) is 61.0 Å². The first-order chi connectivity index (χ1) is 17.2. The van der Waals surface area contributed by atoms with Crippen molar-refractivity contribution in [3.05, 3.63) is 62.5 Å². The molecule has 1 saturated carbocycles. The van der Waals surface area contributed by atoms with E-state index >= 15 is 0 Å². The number of esters is 1. The summed E-state index contributed by atoms with van der Waals surface area (Å²) in [5.41, 5.74) is 4.23. The number of carbonyl (C=O) groups excluding carboxylic acids is 1. The van der Waals surface area contributed by atoms with E-state index in [0.717, 1.165) is 16.9 Å². The number of thiazole rings is 1. The van der Waals surface area contributed by atoms with E-state index < -0.39 is 16.8 Å². The Morgan fingerprint density at radius 2 is 2.14 bits per heavy atom. The summed E-state index contributed by atoms with van der Waals surface area (Å²) in [6, 6.07) is 1.80. The van der Waals surface area contributed by atoms with E-state index in [1.54, 1.807) is 13.0 Å². The van der Waals surface area contributed by atoms with Crippen LogP contribution in [-0.2, 0) is 34.9 Å². The van der Waals surface area contributed by atoms with Crippen LogP contribution in [0.15, 0.2) is 44.3 Å². The monoisotopic (exact) mass is 589 g/mol. The number of phenolic OH excluding ortho intramolecular Hbond substituents is 1. The largest absolute Gasteiger partial charge is 0.506 e. The zero-order chi connectivity index (χ0) is 25.7. The third-order valence-corrected chi connectivity index (χ3v) is 10.0. The van der Waals surface area contributed by atoms with Gasteiger partial charge in [0.2, 0.25) is 0 Å². The Bertz CT molecular complexity index is 1460. The van der Waals surface area contributed by atoms with Gasteiger partial charge in [-0.3, -0.25) is 4.21 Å². The lowest BCUT2D eigenvalue weighted by Gasteiger charge is -2.23. The first kappa shape index (κ1) is 25.2. The summed E-state index contributed by atoms with van der Waals surface area (Å²) in [6.45, 7) is 6.28. The fourth-order valence-corrected chi connectivity index (χ4v) is 7.46. The average molecular weight is 591 g/mol. The summed E-state index contributed by atoms with van der Waals surface area (Å²) >= 11 is 4.85. The van der Waals surface area contributed by atoms with Crippen molar-refractivity contribution < 1.29 is 18.8 Å². The van der Waals surface area contributed by atoms with Gasteiger partial charge in [0.05, 0.1) is 45.3 Å². The van der Waals surface area contributed by atoms with Crippen LogP contribution in [0.2, 0.25) is 0 Å². The molecule has 0 radical (unpaired) electrons. The van der Waals surface area contributed by atoms with Crippen molar-refractivity contribution in [1.82, 2.24) is 14.5 Å². The molecular formula is C26H28BrN3O4S2. The number of allylic oxidation sites excluding steroid dienone is 3. The van der Waals surface area contributed by atoms with Crippen molar-refractivity contribution in [2.45, 2.75) is 43.8 Å². The fourth-order valence-electron chi connectivity index (χ4n) is 4.78. The molecule has 0 spiro atoms. The number of benzene rings is 1. The number of hydrogen-bond acceptors (Lipinski definition) is 7. The molecule has 3 heterocycles. The van der Waals surface area contributed by atoms with Crippen molar-refractivity contribution in [3.8, 4) is 5.75 Å². The Hall–Kier alpha value is -2.43. The number of aryl methyl sites for hydroxylation is 2.